The molecule has 1 N–H and O–H groups in total. The maximum Gasteiger partial charge on any atom is 0.339 e. The second-order valence-electron chi connectivity index (χ2n) is 6.19. The maximum absolute atomic E-state index is 13.6. The zero-order valence-corrected chi connectivity index (χ0v) is 15.8. The molecule has 0 aromatic heterocycles. The van der Waals surface area contributed by atoms with Crippen molar-refractivity contribution in [3.63, 3.8) is 0 Å². The van der Waals surface area contributed by atoms with E-state index in [1.807, 2.05) is 12.1 Å². The Labute approximate surface area is 165 Å². The average Bonchev–Trinajstić information content (AvgIpc) is 3.20. The Morgan fingerprint density at radius 3 is 2.79 bits per heavy atom. The van der Waals surface area contributed by atoms with E-state index in [-0.39, 0.29) is 11.8 Å². The largest absolute Gasteiger partial charge is 0.452 e. The molecule has 1 fully saturated rings. The van der Waals surface area contributed by atoms with Gasteiger partial charge in [-0.25, -0.2) is 13.6 Å². The summed E-state index contributed by atoms with van der Waals surface area (Å²) in [6.07, 6.45) is 2.21. The number of ether oxygens (including phenoxy) is 2. The predicted molar refractivity (Wildman–Crippen MR) is 101 cm³/mol. The molecule has 0 bridgehead atoms. The number of amides is 1. The summed E-state index contributed by atoms with van der Waals surface area (Å²) in [7, 11) is 0. The van der Waals surface area contributed by atoms with Crippen molar-refractivity contribution >= 4 is 29.3 Å². The van der Waals surface area contributed by atoms with Crippen molar-refractivity contribution in [3.05, 3.63) is 59.7 Å². The molecule has 1 heterocycles. The zero-order valence-electron chi connectivity index (χ0n) is 15.0. The quantitative estimate of drug-likeness (QED) is 0.555. The van der Waals surface area contributed by atoms with Crippen molar-refractivity contribution in [3.8, 4) is 0 Å². The number of carbonyl (C=O) groups excluding carboxylic acids is 2. The van der Waals surface area contributed by atoms with Crippen LogP contribution < -0.4 is 5.32 Å². The lowest BCUT2D eigenvalue weighted by Crippen LogP contribution is -2.21. The molecule has 2 aromatic rings. The highest BCUT2D eigenvalue weighted by Gasteiger charge is 2.19. The molecule has 1 aliphatic rings. The Morgan fingerprint density at radius 2 is 2.04 bits per heavy atom. The van der Waals surface area contributed by atoms with Gasteiger partial charge in [0, 0.05) is 23.3 Å². The van der Waals surface area contributed by atoms with Gasteiger partial charge >= 0.3 is 5.97 Å². The topological polar surface area (TPSA) is 64.6 Å². The standard InChI is InChI=1S/C20H19F2NO4S/c21-13-7-8-17(16(22)10-13)23-19(24)11-27-20(25)15-5-1-2-6-18(15)28-12-14-4-3-9-26-14/h1-2,5-8,10,14H,3-4,9,11-12H2,(H,23,24)/t14-/m0/s1. The summed E-state index contributed by atoms with van der Waals surface area (Å²) in [5.41, 5.74) is 0.168. The fraction of sp³-hybridized carbons (Fsp3) is 0.300. The number of thioether (sulfide) groups is 1. The Morgan fingerprint density at radius 1 is 1.21 bits per heavy atom. The maximum atomic E-state index is 13.6. The average molecular weight is 407 g/mol. The van der Waals surface area contributed by atoms with Gasteiger partial charge in [-0.2, -0.15) is 0 Å². The van der Waals surface area contributed by atoms with Crippen LogP contribution in [0.25, 0.3) is 0 Å². The zero-order chi connectivity index (χ0) is 19.9. The predicted octanol–water partition coefficient (Wildman–Crippen LogP) is 4.03. The SMILES string of the molecule is O=C(COC(=O)c1ccccc1SC[C@@H]1CCCO1)Nc1ccc(F)cc1F. The lowest BCUT2D eigenvalue weighted by Gasteiger charge is -2.12. The Kier molecular flexibility index (Phi) is 7.00. The fourth-order valence-corrected chi connectivity index (χ4v) is 3.82. The highest BCUT2D eigenvalue weighted by atomic mass is 32.2. The minimum Gasteiger partial charge on any atom is -0.452 e. The number of benzene rings is 2. The van der Waals surface area contributed by atoms with Crippen molar-refractivity contribution < 1.29 is 27.8 Å². The summed E-state index contributed by atoms with van der Waals surface area (Å²) in [6, 6.07) is 9.73. The molecule has 1 aliphatic heterocycles. The van der Waals surface area contributed by atoms with Crippen LogP contribution in [0.5, 0.6) is 0 Å². The lowest BCUT2D eigenvalue weighted by atomic mass is 10.2. The van der Waals surface area contributed by atoms with Gasteiger partial charge in [0.05, 0.1) is 17.4 Å². The van der Waals surface area contributed by atoms with E-state index in [2.05, 4.69) is 5.32 Å². The van der Waals surface area contributed by atoms with Crippen molar-refractivity contribution in [2.45, 2.75) is 23.8 Å². The second kappa shape index (κ2) is 9.66. The molecule has 28 heavy (non-hydrogen) atoms. The molecule has 0 saturated carbocycles. The summed E-state index contributed by atoms with van der Waals surface area (Å²) in [5.74, 6) is -2.29. The van der Waals surface area contributed by atoms with E-state index in [1.54, 1.807) is 12.1 Å². The molecule has 148 valence electrons. The number of halogens is 2. The first kappa shape index (κ1) is 20.3. The van der Waals surface area contributed by atoms with Gasteiger partial charge < -0.3 is 14.8 Å². The number of hydrogen-bond donors (Lipinski definition) is 1. The van der Waals surface area contributed by atoms with Crippen molar-refractivity contribution in [2.75, 3.05) is 24.3 Å². The number of hydrogen-bond acceptors (Lipinski definition) is 5. The van der Waals surface area contributed by atoms with E-state index in [4.69, 9.17) is 9.47 Å². The van der Waals surface area contributed by atoms with Crippen LogP contribution in [-0.2, 0) is 14.3 Å². The van der Waals surface area contributed by atoms with E-state index in [1.165, 1.54) is 11.8 Å². The van der Waals surface area contributed by atoms with Gasteiger partial charge in [-0.3, -0.25) is 4.79 Å². The molecule has 3 rings (SSSR count). The lowest BCUT2D eigenvalue weighted by molar-refractivity contribution is -0.119. The molecule has 1 saturated heterocycles. The summed E-state index contributed by atoms with van der Waals surface area (Å²) in [6.45, 7) is 0.180. The molecule has 8 heteroatoms. The second-order valence-corrected chi connectivity index (χ2v) is 7.25. The van der Waals surface area contributed by atoms with Crippen LogP contribution in [0.1, 0.15) is 23.2 Å². The van der Waals surface area contributed by atoms with Gasteiger partial charge in [-0.15, -0.1) is 11.8 Å². The van der Waals surface area contributed by atoms with Crippen LogP contribution in [0.15, 0.2) is 47.4 Å². The fourth-order valence-electron chi connectivity index (χ4n) is 2.71. The van der Waals surface area contributed by atoms with Gasteiger partial charge in [0.25, 0.3) is 5.91 Å². The van der Waals surface area contributed by atoms with Crippen LogP contribution in [-0.4, -0.2) is 36.9 Å². The molecule has 0 aliphatic carbocycles. The third-order valence-electron chi connectivity index (χ3n) is 4.10. The van der Waals surface area contributed by atoms with Gasteiger partial charge in [0.1, 0.15) is 11.6 Å². The summed E-state index contributed by atoms with van der Waals surface area (Å²) < 4.78 is 37.1. The van der Waals surface area contributed by atoms with Crippen molar-refractivity contribution in [1.82, 2.24) is 0 Å². The number of nitrogens with one attached hydrogen (secondary N) is 1. The molecule has 2 aromatic carbocycles. The molecule has 0 unspecified atom stereocenters. The normalized spacial score (nSPS) is 16.0. The van der Waals surface area contributed by atoms with Crippen molar-refractivity contribution in [1.29, 1.82) is 0 Å². The first-order chi connectivity index (χ1) is 13.5. The van der Waals surface area contributed by atoms with Gasteiger partial charge in [-0.1, -0.05) is 12.1 Å². The number of carbonyl (C=O) groups is 2. The first-order valence-corrected chi connectivity index (χ1v) is 9.77. The van der Waals surface area contributed by atoms with Crippen LogP contribution in [0, 0.1) is 11.6 Å². The van der Waals surface area contributed by atoms with Crippen LogP contribution in [0.4, 0.5) is 14.5 Å². The summed E-state index contributed by atoms with van der Waals surface area (Å²) in [4.78, 5) is 25.0. The number of anilines is 1. The highest BCUT2D eigenvalue weighted by Crippen LogP contribution is 2.27. The van der Waals surface area contributed by atoms with Crippen molar-refractivity contribution in [2.24, 2.45) is 0 Å². The highest BCUT2D eigenvalue weighted by molar-refractivity contribution is 7.99. The molecule has 0 radical (unpaired) electrons. The molecular formula is C20H19F2NO4S. The Bertz CT molecular complexity index is 856. The van der Waals surface area contributed by atoms with Crippen LogP contribution >= 0.6 is 11.8 Å². The van der Waals surface area contributed by atoms with E-state index in [0.29, 0.717) is 11.6 Å². The Balaban J connectivity index is 1.54. The van der Waals surface area contributed by atoms with Gasteiger partial charge in [0.2, 0.25) is 0 Å². The van der Waals surface area contributed by atoms with Crippen LogP contribution in [0.2, 0.25) is 0 Å². The van der Waals surface area contributed by atoms with Crippen LogP contribution in [0.3, 0.4) is 0 Å². The van der Waals surface area contributed by atoms with E-state index in [9.17, 15) is 18.4 Å². The first-order valence-electron chi connectivity index (χ1n) is 8.78. The Hall–Kier alpha value is -2.45. The minimum atomic E-state index is -0.907. The van der Waals surface area contributed by atoms with Gasteiger partial charge in [-0.05, 0) is 37.1 Å². The van der Waals surface area contributed by atoms with E-state index in [0.717, 1.165) is 42.2 Å². The number of esters is 1. The molecule has 5 nitrogen and oxygen atoms in total. The molecular weight excluding hydrogens is 388 g/mol. The molecule has 1 amide bonds. The smallest absolute Gasteiger partial charge is 0.339 e. The minimum absolute atomic E-state index is 0.172. The molecule has 1 atom stereocenters. The third-order valence-corrected chi connectivity index (χ3v) is 5.30. The van der Waals surface area contributed by atoms with E-state index >= 15 is 0 Å². The summed E-state index contributed by atoms with van der Waals surface area (Å²) >= 11 is 1.50. The van der Waals surface area contributed by atoms with E-state index < -0.39 is 30.1 Å². The van der Waals surface area contributed by atoms with Gasteiger partial charge in [0.15, 0.2) is 6.61 Å². The third kappa shape index (κ3) is 5.53. The monoisotopic (exact) mass is 407 g/mol. The molecule has 0 spiro atoms. The summed E-state index contributed by atoms with van der Waals surface area (Å²) in [5, 5.41) is 2.24. The number of rotatable bonds is 7.